The van der Waals surface area contributed by atoms with Crippen LogP contribution in [0.4, 0.5) is 5.69 Å². The molecule has 174 valence electrons. The molecule has 6 rings (SSSR count). The van der Waals surface area contributed by atoms with E-state index >= 15 is 0 Å². The van der Waals surface area contributed by atoms with Gasteiger partial charge in [-0.15, -0.1) is 0 Å². The number of rotatable bonds is 2. The van der Waals surface area contributed by atoms with Crippen LogP contribution in [0.15, 0.2) is 66.7 Å². The lowest BCUT2D eigenvalue weighted by atomic mass is 9.77. The van der Waals surface area contributed by atoms with Gasteiger partial charge in [0.2, 0.25) is 29.0 Å². The number of amides is 2. The molecule has 3 aromatic rings. The maximum Gasteiger partial charge on any atom is 0.241 e. The van der Waals surface area contributed by atoms with Crippen molar-refractivity contribution >= 4 is 40.7 Å². The quantitative estimate of drug-likeness (QED) is 0.390. The Bertz CT molecular complexity index is 1420. The van der Waals surface area contributed by atoms with Gasteiger partial charge in [0.25, 0.3) is 0 Å². The van der Waals surface area contributed by atoms with Crippen molar-refractivity contribution in [3.8, 4) is 0 Å². The van der Waals surface area contributed by atoms with Crippen LogP contribution in [0.2, 0.25) is 5.02 Å². The van der Waals surface area contributed by atoms with Crippen molar-refractivity contribution in [2.45, 2.75) is 25.6 Å². The van der Waals surface area contributed by atoms with Gasteiger partial charge in [-0.3, -0.25) is 19.2 Å². The van der Waals surface area contributed by atoms with Gasteiger partial charge >= 0.3 is 0 Å². The minimum Gasteiger partial charge on any atom is -0.349 e. The number of benzene rings is 3. The maximum absolute atomic E-state index is 14.0. The van der Waals surface area contributed by atoms with Crippen LogP contribution in [0.3, 0.4) is 0 Å². The number of Topliss-reactive ketones (excluding diaryl/α,β-unsaturated/α-hetero) is 2. The van der Waals surface area contributed by atoms with Crippen molar-refractivity contribution in [1.29, 1.82) is 0 Å². The largest absolute Gasteiger partial charge is 0.349 e. The molecule has 0 unspecified atom stereocenters. The second-order valence-electron chi connectivity index (χ2n) is 9.36. The molecule has 1 aliphatic carbocycles. The molecule has 35 heavy (non-hydrogen) atoms. The third kappa shape index (κ3) is 2.81. The lowest BCUT2D eigenvalue weighted by Crippen LogP contribution is -2.51. The number of nitrogens with zero attached hydrogens (tertiary/aromatic N) is 1. The van der Waals surface area contributed by atoms with E-state index in [0.29, 0.717) is 16.3 Å². The number of carbonyl (C=O) groups is 4. The third-order valence-corrected chi connectivity index (χ3v) is 7.54. The molecular weight excluding hydrogens is 466 g/mol. The highest BCUT2D eigenvalue weighted by Crippen LogP contribution is 2.58. The van der Waals surface area contributed by atoms with Gasteiger partial charge in [-0.1, -0.05) is 60.1 Å². The molecule has 0 aromatic heterocycles. The molecule has 6 nitrogen and oxygen atoms in total. The van der Waals surface area contributed by atoms with Gasteiger partial charge in [0, 0.05) is 21.7 Å². The predicted octanol–water partition coefficient (Wildman–Crippen LogP) is 4.65. The van der Waals surface area contributed by atoms with E-state index < -0.39 is 46.9 Å². The van der Waals surface area contributed by atoms with Crippen molar-refractivity contribution in [3.05, 3.63) is 99.6 Å². The lowest BCUT2D eigenvalue weighted by molar-refractivity contribution is -0.127. The molecule has 3 atom stereocenters. The van der Waals surface area contributed by atoms with Crippen LogP contribution in [0, 0.1) is 25.7 Å². The van der Waals surface area contributed by atoms with Gasteiger partial charge < -0.3 is 4.74 Å². The Morgan fingerprint density at radius 3 is 1.97 bits per heavy atom. The molecule has 0 radical (unpaired) electrons. The van der Waals surface area contributed by atoms with Crippen LogP contribution in [-0.4, -0.2) is 29.0 Å². The van der Waals surface area contributed by atoms with Gasteiger partial charge in [-0.2, -0.15) is 0 Å². The number of anilines is 1. The summed E-state index contributed by atoms with van der Waals surface area (Å²) in [6.45, 7) is 3.75. The zero-order chi connectivity index (χ0) is 24.6. The minimum absolute atomic E-state index is 0.196. The summed E-state index contributed by atoms with van der Waals surface area (Å²) in [6.07, 6.45) is -1.04. The standard InChI is InChI=1S/C28H20ClNO5/c1-14-11-15(2)13-16(12-14)30-26(33)21-22(27(30)34)28(35-23(21)19-9-5-6-10-20(19)29)24(31)17-7-3-4-8-18(17)25(28)32/h3-13,21-23H,1-2H3/t21-,22+,23-/m0/s1. The zero-order valence-electron chi connectivity index (χ0n) is 18.9. The number of imide groups is 1. The van der Waals surface area contributed by atoms with Crippen molar-refractivity contribution in [2.24, 2.45) is 11.8 Å². The van der Waals surface area contributed by atoms with E-state index in [1.54, 1.807) is 60.7 Å². The number of fused-ring (bicyclic) bond motifs is 3. The van der Waals surface area contributed by atoms with Crippen LogP contribution in [-0.2, 0) is 14.3 Å². The van der Waals surface area contributed by atoms with Gasteiger partial charge in [-0.25, -0.2) is 4.90 Å². The second kappa shape index (κ2) is 7.44. The minimum atomic E-state index is -2.11. The number of ketones is 2. The molecule has 1 spiro atoms. The van der Waals surface area contributed by atoms with Gasteiger partial charge in [-0.05, 0) is 43.2 Å². The fourth-order valence-corrected chi connectivity index (χ4v) is 6.08. The maximum atomic E-state index is 14.0. The topological polar surface area (TPSA) is 80.8 Å². The normalized spacial score (nSPS) is 24.4. The van der Waals surface area contributed by atoms with E-state index in [1.807, 2.05) is 19.9 Å². The first kappa shape index (κ1) is 21.9. The van der Waals surface area contributed by atoms with E-state index in [-0.39, 0.29) is 11.1 Å². The number of aryl methyl sites for hydroxylation is 2. The molecule has 2 saturated heterocycles. The van der Waals surface area contributed by atoms with Crippen LogP contribution in [0.1, 0.15) is 43.5 Å². The highest BCUT2D eigenvalue weighted by molar-refractivity contribution is 6.37. The highest BCUT2D eigenvalue weighted by Gasteiger charge is 2.74. The molecule has 2 fully saturated rings. The molecule has 0 saturated carbocycles. The summed E-state index contributed by atoms with van der Waals surface area (Å²) in [5.74, 6) is -4.69. The first-order valence-electron chi connectivity index (χ1n) is 11.3. The van der Waals surface area contributed by atoms with Crippen LogP contribution >= 0.6 is 11.6 Å². The molecule has 3 aliphatic rings. The van der Waals surface area contributed by atoms with Crippen LogP contribution in [0.5, 0.6) is 0 Å². The molecule has 3 aromatic carbocycles. The average Bonchev–Trinajstić information content (AvgIpc) is 3.39. The monoisotopic (exact) mass is 485 g/mol. The summed E-state index contributed by atoms with van der Waals surface area (Å²) >= 11 is 6.47. The molecule has 7 heteroatoms. The fourth-order valence-electron chi connectivity index (χ4n) is 5.84. The number of hydrogen-bond acceptors (Lipinski definition) is 5. The Morgan fingerprint density at radius 2 is 1.37 bits per heavy atom. The van der Waals surface area contributed by atoms with Crippen LogP contribution < -0.4 is 4.90 Å². The Labute approximate surface area is 206 Å². The number of carbonyl (C=O) groups excluding carboxylic acids is 4. The zero-order valence-corrected chi connectivity index (χ0v) is 19.7. The number of hydrogen-bond donors (Lipinski definition) is 0. The smallest absolute Gasteiger partial charge is 0.241 e. The van der Waals surface area contributed by atoms with Gasteiger partial charge in [0.15, 0.2) is 0 Å². The first-order valence-corrected chi connectivity index (χ1v) is 11.7. The van der Waals surface area contributed by atoms with E-state index in [9.17, 15) is 19.2 Å². The van der Waals surface area contributed by atoms with E-state index in [1.165, 1.54) is 0 Å². The van der Waals surface area contributed by atoms with Gasteiger partial charge in [0.05, 0.1) is 23.6 Å². The molecule has 2 heterocycles. The van der Waals surface area contributed by atoms with Crippen LogP contribution in [0.25, 0.3) is 0 Å². The molecule has 0 N–H and O–H groups in total. The van der Waals surface area contributed by atoms with E-state index in [2.05, 4.69) is 0 Å². The van der Waals surface area contributed by atoms with E-state index in [4.69, 9.17) is 16.3 Å². The summed E-state index contributed by atoms with van der Waals surface area (Å²) in [7, 11) is 0. The summed E-state index contributed by atoms with van der Waals surface area (Å²) in [5, 5.41) is 0.328. The van der Waals surface area contributed by atoms with Gasteiger partial charge in [0.1, 0.15) is 0 Å². The third-order valence-electron chi connectivity index (χ3n) is 7.20. The number of halogens is 1. The Hall–Kier alpha value is -3.61. The predicted molar refractivity (Wildman–Crippen MR) is 129 cm³/mol. The van der Waals surface area contributed by atoms with Crippen molar-refractivity contribution in [2.75, 3.05) is 4.90 Å². The number of ether oxygens (including phenoxy) is 1. The van der Waals surface area contributed by atoms with E-state index in [0.717, 1.165) is 16.0 Å². The molecular formula is C28H20ClNO5. The second-order valence-corrected chi connectivity index (χ2v) is 9.77. The lowest BCUT2D eigenvalue weighted by Gasteiger charge is -2.27. The SMILES string of the molecule is Cc1cc(C)cc(N2C(=O)[C@@H]3[C@H](c4ccccc4Cl)OC4(C(=O)c5ccccc5C4=O)[C@H]3C2=O)c1. The molecule has 2 aliphatic heterocycles. The summed E-state index contributed by atoms with van der Waals surface area (Å²) in [6, 6.07) is 18.7. The fraction of sp³-hybridized carbons (Fsp3) is 0.214. The Kier molecular flexibility index (Phi) is 4.66. The summed E-state index contributed by atoms with van der Waals surface area (Å²) in [4.78, 5) is 56.5. The average molecular weight is 486 g/mol. The molecule has 2 amide bonds. The van der Waals surface area contributed by atoms with Crippen molar-refractivity contribution in [1.82, 2.24) is 0 Å². The Morgan fingerprint density at radius 1 is 0.800 bits per heavy atom. The van der Waals surface area contributed by atoms with Crippen molar-refractivity contribution < 1.29 is 23.9 Å². The summed E-state index contributed by atoms with van der Waals surface area (Å²) < 4.78 is 6.27. The highest BCUT2D eigenvalue weighted by atomic mass is 35.5. The Balaban J connectivity index is 1.57. The van der Waals surface area contributed by atoms with Crippen molar-refractivity contribution in [3.63, 3.8) is 0 Å². The molecule has 0 bridgehead atoms. The first-order chi connectivity index (χ1) is 16.8. The summed E-state index contributed by atoms with van der Waals surface area (Å²) in [5.41, 5.74) is 0.913.